The Labute approximate surface area is 101 Å². The van der Waals surface area contributed by atoms with E-state index in [2.05, 4.69) is 4.98 Å². The second-order valence-corrected chi connectivity index (χ2v) is 3.74. The summed E-state index contributed by atoms with van der Waals surface area (Å²) in [6.45, 7) is 5.66. The van der Waals surface area contributed by atoms with Crippen molar-refractivity contribution in [3.05, 3.63) is 29.6 Å². The predicted molar refractivity (Wildman–Crippen MR) is 66.0 cm³/mol. The molecule has 0 aliphatic carbocycles. The lowest BCUT2D eigenvalue weighted by Gasteiger charge is -2.13. The Bertz CT molecular complexity index is 369. The molecule has 0 bridgehead atoms. The number of hydrogen-bond donors (Lipinski definition) is 2. The molecule has 0 aliphatic heterocycles. The summed E-state index contributed by atoms with van der Waals surface area (Å²) in [6, 6.07) is 3.61. The fourth-order valence-electron chi connectivity index (χ4n) is 1.28. The van der Waals surface area contributed by atoms with Crippen LogP contribution in [0.3, 0.4) is 0 Å². The summed E-state index contributed by atoms with van der Waals surface area (Å²) in [6.07, 6.45) is 1.67. The summed E-state index contributed by atoms with van der Waals surface area (Å²) < 4.78 is 10.9. The number of nitrogens with two attached hydrogens (primary N) is 1. The second kappa shape index (κ2) is 6.98. The van der Waals surface area contributed by atoms with Crippen molar-refractivity contribution in [3.63, 3.8) is 0 Å². The van der Waals surface area contributed by atoms with Crippen molar-refractivity contribution in [1.82, 2.24) is 4.98 Å². The second-order valence-electron chi connectivity index (χ2n) is 3.74. The largest absolute Gasteiger partial charge is 0.382 e. The third-order valence-corrected chi connectivity index (χ3v) is 2.19. The van der Waals surface area contributed by atoms with Crippen LogP contribution in [0.4, 0.5) is 0 Å². The van der Waals surface area contributed by atoms with Crippen LogP contribution >= 0.6 is 0 Å². The number of nitrogens with zero attached hydrogens (tertiary/aromatic N) is 1. The number of pyridine rings is 1. The monoisotopic (exact) mass is 237 g/mol. The van der Waals surface area contributed by atoms with E-state index in [9.17, 15) is 0 Å². The summed E-state index contributed by atoms with van der Waals surface area (Å²) in [5.41, 5.74) is 6.79. The van der Waals surface area contributed by atoms with Crippen molar-refractivity contribution in [1.29, 1.82) is 5.41 Å². The summed E-state index contributed by atoms with van der Waals surface area (Å²) in [5, 5.41) is 7.29. The minimum atomic E-state index is -0.0331. The summed E-state index contributed by atoms with van der Waals surface area (Å²) in [7, 11) is 0. The van der Waals surface area contributed by atoms with E-state index in [0.29, 0.717) is 25.5 Å². The standard InChI is InChI=1S/C12H19N3O2/c1-3-16-7-9(2)17-8-10-4-5-15-11(6-10)12(13)14/h4-6,9H,3,7-8H2,1-2H3,(H3,13,14). The molecule has 1 rings (SSSR count). The maximum atomic E-state index is 7.29. The zero-order chi connectivity index (χ0) is 12.7. The molecule has 1 aromatic heterocycles. The average Bonchev–Trinajstić information content (AvgIpc) is 2.34. The van der Waals surface area contributed by atoms with Gasteiger partial charge in [-0.1, -0.05) is 0 Å². The molecular weight excluding hydrogens is 218 g/mol. The first kappa shape index (κ1) is 13.6. The van der Waals surface area contributed by atoms with E-state index in [1.54, 1.807) is 12.3 Å². The van der Waals surface area contributed by atoms with E-state index < -0.39 is 0 Å². The van der Waals surface area contributed by atoms with Gasteiger partial charge in [-0.25, -0.2) is 0 Å². The Kier molecular flexibility index (Phi) is 5.59. The highest BCUT2D eigenvalue weighted by atomic mass is 16.5. The van der Waals surface area contributed by atoms with Gasteiger partial charge in [-0.15, -0.1) is 0 Å². The van der Waals surface area contributed by atoms with Crippen molar-refractivity contribution < 1.29 is 9.47 Å². The van der Waals surface area contributed by atoms with Crippen molar-refractivity contribution in [2.45, 2.75) is 26.6 Å². The van der Waals surface area contributed by atoms with E-state index in [1.165, 1.54) is 0 Å². The van der Waals surface area contributed by atoms with E-state index in [-0.39, 0.29) is 11.9 Å². The van der Waals surface area contributed by atoms with Crippen molar-refractivity contribution in [3.8, 4) is 0 Å². The third-order valence-electron chi connectivity index (χ3n) is 2.19. The quantitative estimate of drug-likeness (QED) is 0.553. The molecule has 1 unspecified atom stereocenters. The first-order valence-electron chi connectivity index (χ1n) is 5.62. The van der Waals surface area contributed by atoms with Crippen LogP contribution in [-0.4, -0.2) is 30.1 Å². The van der Waals surface area contributed by atoms with Gasteiger partial charge < -0.3 is 15.2 Å². The number of amidine groups is 1. The van der Waals surface area contributed by atoms with Gasteiger partial charge in [0, 0.05) is 12.8 Å². The molecule has 1 heterocycles. The first-order chi connectivity index (χ1) is 8.13. The first-order valence-corrected chi connectivity index (χ1v) is 5.62. The molecule has 0 saturated carbocycles. The van der Waals surface area contributed by atoms with Crippen LogP contribution in [0.5, 0.6) is 0 Å². The van der Waals surface area contributed by atoms with Crippen LogP contribution in [0.15, 0.2) is 18.3 Å². The molecule has 0 amide bonds. The summed E-state index contributed by atoms with van der Waals surface area (Å²) >= 11 is 0. The van der Waals surface area contributed by atoms with Gasteiger partial charge in [-0.05, 0) is 31.5 Å². The van der Waals surface area contributed by atoms with Crippen LogP contribution in [-0.2, 0) is 16.1 Å². The zero-order valence-corrected chi connectivity index (χ0v) is 10.3. The van der Waals surface area contributed by atoms with E-state index in [0.717, 1.165) is 5.56 Å². The number of ether oxygens (including phenoxy) is 2. The van der Waals surface area contributed by atoms with Crippen LogP contribution in [0.1, 0.15) is 25.1 Å². The number of nitrogen functional groups attached to an aromatic ring is 1. The van der Waals surface area contributed by atoms with Gasteiger partial charge >= 0.3 is 0 Å². The Morgan fingerprint density at radius 1 is 1.59 bits per heavy atom. The van der Waals surface area contributed by atoms with Gasteiger partial charge in [-0.2, -0.15) is 0 Å². The lowest BCUT2D eigenvalue weighted by atomic mass is 10.2. The van der Waals surface area contributed by atoms with E-state index in [1.807, 2.05) is 19.9 Å². The molecule has 0 fully saturated rings. The highest BCUT2D eigenvalue weighted by molar-refractivity contribution is 5.93. The van der Waals surface area contributed by atoms with Gasteiger partial charge in [0.1, 0.15) is 11.5 Å². The van der Waals surface area contributed by atoms with Crippen LogP contribution in [0, 0.1) is 5.41 Å². The predicted octanol–water partition coefficient (Wildman–Crippen LogP) is 1.31. The van der Waals surface area contributed by atoms with Crippen molar-refractivity contribution >= 4 is 5.84 Å². The van der Waals surface area contributed by atoms with Crippen LogP contribution < -0.4 is 5.73 Å². The Morgan fingerprint density at radius 2 is 2.35 bits per heavy atom. The Hall–Kier alpha value is -1.46. The lowest BCUT2D eigenvalue weighted by Crippen LogP contribution is -2.16. The number of nitrogens with one attached hydrogen (secondary N) is 1. The molecule has 0 aromatic carbocycles. The highest BCUT2D eigenvalue weighted by Gasteiger charge is 2.04. The lowest BCUT2D eigenvalue weighted by molar-refractivity contribution is -0.0116. The number of rotatable bonds is 7. The number of aromatic nitrogens is 1. The molecular formula is C12H19N3O2. The summed E-state index contributed by atoms with van der Waals surface area (Å²) in [4.78, 5) is 3.99. The SMILES string of the molecule is CCOCC(C)OCc1ccnc(C(=N)N)c1. The van der Waals surface area contributed by atoms with Gasteiger partial charge in [0.2, 0.25) is 0 Å². The third kappa shape index (κ3) is 4.93. The molecule has 0 aliphatic rings. The zero-order valence-electron chi connectivity index (χ0n) is 10.3. The van der Waals surface area contributed by atoms with Crippen LogP contribution in [0.25, 0.3) is 0 Å². The average molecular weight is 237 g/mol. The summed E-state index contributed by atoms with van der Waals surface area (Å²) in [5.74, 6) is -0.0331. The van der Waals surface area contributed by atoms with Crippen molar-refractivity contribution in [2.24, 2.45) is 5.73 Å². The normalized spacial score (nSPS) is 12.4. The molecule has 0 saturated heterocycles. The number of hydrogen-bond acceptors (Lipinski definition) is 4. The highest BCUT2D eigenvalue weighted by Crippen LogP contribution is 2.05. The topological polar surface area (TPSA) is 81.2 Å². The van der Waals surface area contributed by atoms with Gasteiger partial charge in [0.25, 0.3) is 0 Å². The minimum Gasteiger partial charge on any atom is -0.382 e. The smallest absolute Gasteiger partial charge is 0.141 e. The molecule has 1 atom stereocenters. The van der Waals surface area contributed by atoms with Gasteiger partial charge in [0.15, 0.2) is 0 Å². The minimum absolute atomic E-state index is 0.0331. The van der Waals surface area contributed by atoms with E-state index >= 15 is 0 Å². The van der Waals surface area contributed by atoms with Crippen LogP contribution in [0.2, 0.25) is 0 Å². The molecule has 1 aromatic rings. The molecule has 5 nitrogen and oxygen atoms in total. The van der Waals surface area contributed by atoms with Gasteiger partial charge in [0.05, 0.1) is 19.3 Å². The molecule has 94 valence electrons. The van der Waals surface area contributed by atoms with Crippen molar-refractivity contribution in [2.75, 3.05) is 13.2 Å². The molecule has 3 N–H and O–H groups in total. The Balaban J connectivity index is 2.46. The molecule has 5 heteroatoms. The molecule has 0 spiro atoms. The Morgan fingerprint density at radius 3 is 3.00 bits per heavy atom. The fraction of sp³-hybridized carbons (Fsp3) is 0.500. The maximum Gasteiger partial charge on any atom is 0.141 e. The fourth-order valence-corrected chi connectivity index (χ4v) is 1.28. The van der Waals surface area contributed by atoms with Gasteiger partial charge in [-0.3, -0.25) is 10.4 Å². The van der Waals surface area contributed by atoms with E-state index in [4.69, 9.17) is 20.6 Å². The molecule has 17 heavy (non-hydrogen) atoms. The molecule has 0 radical (unpaired) electrons. The maximum absolute atomic E-state index is 7.29.